The lowest BCUT2D eigenvalue weighted by atomic mass is 10.2. The highest BCUT2D eigenvalue weighted by Gasteiger charge is 2.12. The summed E-state index contributed by atoms with van der Waals surface area (Å²) in [5.74, 6) is 0. The molecule has 6 heteroatoms. The van der Waals surface area contributed by atoms with Gasteiger partial charge in [0.2, 0.25) is 0 Å². The van der Waals surface area contributed by atoms with Crippen LogP contribution in [0.1, 0.15) is 16.0 Å². The third kappa shape index (κ3) is 2.56. The Morgan fingerprint density at radius 1 is 1.33 bits per heavy atom. The van der Waals surface area contributed by atoms with E-state index in [9.17, 15) is 4.79 Å². The standard InChI is InChI=1S/C15H15N3OS2/c1-9-10(2)21-13-12(9)14(19)18(15(20)17-13)8-5-11-3-6-16-7-4-11/h3-4,6-7H,5,8H2,1-2H3,(H,17,20). The van der Waals surface area contributed by atoms with Gasteiger partial charge in [0.25, 0.3) is 5.56 Å². The number of aromatic nitrogens is 3. The minimum atomic E-state index is 0.00431. The van der Waals surface area contributed by atoms with Crippen molar-refractivity contribution in [2.45, 2.75) is 26.8 Å². The van der Waals surface area contributed by atoms with Gasteiger partial charge in [0.1, 0.15) is 4.83 Å². The molecule has 0 unspecified atom stereocenters. The fraction of sp³-hybridized carbons (Fsp3) is 0.267. The van der Waals surface area contributed by atoms with Crippen molar-refractivity contribution in [3.63, 3.8) is 0 Å². The third-order valence-corrected chi connectivity index (χ3v) is 5.13. The van der Waals surface area contributed by atoms with Crippen LogP contribution in [0.3, 0.4) is 0 Å². The molecular formula is C15H15N3OS2. The Labute approximate surface area is 131 Å². The molecule has 3 heterocycles. The Morgan fingerprint density at radius 3 is 2.76 bits per heavy atom. The van der Waals surface area contributed by atoms with Crippen LogP contribution in [0.25, 0.3) is 10.2 Å². The highest BCUT2D eigenvalue weighted by Crippen LogP contribution is 2.25. The summed E-state index contributed by atoms with van der Waals surface area (Å²) >= 11 is 6.92. The van der Waals surface area contributed by atoms with Gasteiger partial charge < -0.3 is 4.98 Å². The van der Waals surface area contributed by atoms with E-state index in [0.29, 0.717) is 11.3 Å². The van der Waals surface area contributed by atoms with Gasteiger partial charge in [0.05, 0.1) is 5.39 Å². The van der Waals surface area contributed by atoms with Gasteiger partial charge in [0.15, 0.2) is 4.77 Å². The van der Waals surface area contributed by atoms with Crippen LogP contribution in [-0.2, 0) is 13.0 Å². The first-order chi connectivity index (χ1) is 10.1. The summed E-state index contributed by atoms with van der Waals surface area (Å²) in [6.07, 6.45) is 4.27. The maximum Gasteiger partial charge on any atom is 0.263 e. The number of H-pyrrole nitrogens is 1. The van der Waals surface area contributed by atoms with E-state index < -0.39 is 0 Å². The lowest BCUT2D eigenvalue weighted by molar-refractivity contribution is 0.652. The van der Waals surface area contributed by atoms with Crippen LogP contribution in [0.5, 0.6) is 0 Å². The molecule has 0 saturated heterocycles. The van der Waals surface area contributed by atoms with Crippen molar-refractivity contribution in [3.05, 3.63) is 55.7 Å². The van der Waals surface area contributed by atoms with Gasteiger partial charge in [-0.1, -0.05) is 0 Å². The zero-order valence-corrected chi connectivity index (χ0v) is 13.5. The molecule has 3 rings (SSSR count). The highest BCUT2D eigenvalue weighted by atomic mass is 32.1. The minimum absolute atomic E-state index is 0.00431. The number of aryl methyl sites for hydroxylation is 3. The molecule has 0 aromatic carbocycles. The van der Waals surface area contributed by atoms with Crippen LogP contribution in [0, 0.1) is 18.6 Å². The minimum Gasteiger partial charge on any atom is -0.323 e. The van der Waals surface area contributed by atoms with Gasteiger partial charge in [-0.15, -0.1) is 11.3 Å². The molecule has 0 fully saturated rings. The Bertz CT molecular complexity index is 906. The second-order valence-corrected chi connectivity index (χ2v) is 6.59. The molecule has 0 saturated carbocycles. The Morgan fingerprint density at radius 2 is 2.05 bits per heavy atom. The largest absolute Gasteiger partial charge is 0.323 e. The van der Waals surface area contributed by atoms with E-state index in [-0.39, 0.29) is 5.56 Å². The van der Waals surface area contributed by atoms with E-state index in [1.807, 2.05) is 26.0 Å². The van der Waals surface area contributed by atoms with Crippen molar-refractivity contribution in [2.24, 2.45) is 0 Å². The molecular weight excluding hydrogens is 302 g/mol. The predicted octanol–water partition coefficient (Wildman–Crippen LogP) is 3.38. The molecule has 3 aromatic heterocycles. The fourth-order valence-electron chi connectivity index (χ4n) is 2.36. The number of thiophene rings is 1. The molecule has 0 atom stereocenters. The second kappa shape index (κ2) is 5.54. The number of hydrogen-bond donors (Lipinski definition) is 1. The second-order valence-electron chi connectivity index (χ2n) is 4.98. The zero-order valence-electron chi connectivity index (χ0n) is 11.8. The van der Waals surface area contributed by atoms with Crippen molar-refractivity contribution in [1.82, 2.24) is 14.5 Å². The Kier molecular flexibility index (Phi) is 3.73. The van der Waals surface area contributed by atoms with Crippen LogP contribution in [0.2, 0.25) is 0 Å². The van der Waals surface area contributed by atoms with E-state index in [1.54, 1.807) is 28.3 Å². The molecule has 3 aromatic rings. The molecule has 0 bridgehead atoms. The summed E-state index contributed by atoms with van der Waals surface area (Å²) in [6, 6.07) is 3.91. The quantitative estimate of drug-likeness (QED) is 0.754. The van der Waals surface area contributed by atoms with Gasteiger partial charge in [-0.25, -0.2) is 0 Å². The molecule has 21 heavy (non-hydrogen) atoms. The van der Waals surface area contributed by atoms with Gasteiger partial charge in [0, 0.05) is 23.8 Å². The summed E-state index contributed by atoms with van der Waals surface area (Å²) < 4.78 is 2.14. The molecule has 0 aliphatic rings. The van der Waals surface area contributed by atoms with Crippen LogP contribution in [0.15, 0.2) is 29.3 Å². The summed E-state index contributed by atoms with van der Waals surface area (Å²) in [5, 5.41) is 0.765. The molecule has 0 aliphatic heterocycles. The van der Waals surface area contributed by atoms with Gasteiger partial charge in [-0.05, 0) is 55.7 Å². The van der Waals surface area contributed by atoms with E-state index in [0.717, 1.165) is 32.6 Å². The molecule has 0 aliphatic carbocycles. The first kappa shape index (κ1) is 14.2. The van der Waals surface area contributed by atoms with E-state index in [4.69, 9.17) is 12.2 Å². The number of nitrogens with zero attached hydrogens (tertiary/aromatic N) is 2. The lowest BCUT2D eigenvalue weighted by Gasteiger charge is -2.06. The van der Waals surface area contributed by atoms with Crippen LogP contribution in [-0.4, -0.2) is 14.5 Å². The van der Waals surface area contributed by atoms with Crippen LogP contribution < -0.4 is 5.56 Å². The van der Waals surface area contributed by atoms with Gasteiger partial charge >= 0.3 is 0 Å². The Balaban J connectivity index is 2.05. The van der Waals surface area contributed by atoms with Crippen molar-refractivity contribution in [1.29, 1.82) is 0 Å². The monoisotopic (exact) mass is 317 g/mol. The number of aromatic amines is 1. The van der Waals surface area contributed by atoms with Crippen molar-refractivity contribution >= 4 is 33.8 Å². The van der Waals surface area contributed by atoms with Gasteiger partial charge in [-0.2, -0.15) is 0 Å². The number of nitrogens with one attached hydrogen (secondary N) is 1. The maximum absolute atomic E-state index is 12.7. The predicted molar refractivity (Wildman–Crippen MR) is 88.7 cm³/mol. The topological polar surface area (TPSA) is 50.7 Å². The van der Waals surface area contributed by atoms with E-state index in [1.165, 1.54) is 0 Å². The zero-order chi connectivity index (χ0) is 15.0. The van der Waals surface area contributed by atoms with E-state index in [2.05, 4.69) is 9.97 Å². The van der Waals surface area contributed by atoms with Crippen LogP contribution >= 0.6 is 23.6 Å². The maximum atomic E-state index is 12.7. The number of hydrogen-bond acceptors (Lipinski definition) is 4. The normalized spacial score (nSPS) is 11.1. The average Bonchev–Trinajstić information content (AvgIpc) is 2.74. The van der Waals surface area contributed by atoms with Crippen molar-refractivity contribution in [3.8, 4) is 0 Å². The molecule has 0 amide bonds. The molecule has 4 nitrogen and oxygen atoms in total. The molecule has 0 radical (unpaired) electrons. The highest BCUT2D eigenvalue weighted by molar-refractivity contribution is 7.71. The number of rotatable bonds is 3. The Hall–Kier alpha value is -1.79. The smallest absolute Gasteiger partial charge is 0.263 e. The average molecular weight is 317 g/mol. The number of pyridine rings is 1. The third-order valence-electron chi connectivity index (χ3n) is 3.68. The first-order valence-electron chi connectivity index (χ1n) is 6.69. The molecule has 0 spiro atoms. The van der Waals surface area contributed by atoms with Gasteiger partial charge in [-0.3, -0.25) is 14.3 Å². The summed E-state index contributed by atoms with van der Waals surface area (Å²) in [5.41, 5.74) is 2.19. The fourth-order valence-corrected chi connectivity index (χ4v) is 3.75. The summed E-state index contributed by atoms with van der Waals surface area (Å²) in [4.78, 5) is 21.9. The number of fused-ring (bicyclic) bond motifs is 1. The van der Waals surface area contributed by atoms with E-state index >= 15 is 0 Å². The molecule has 108 valence electrons. The SMILES string of the molecule is Cc1sc2[nH]c(=S)n(CCc3ccncc3)c(=O)c2c1C. The first-order valence-corrected chi connectivity index (χ1v) is 7.92. The van der Waals surface area contributed by atoms with Crippen molar-refractivity contribution < 1.29 is 0 Å². The summed E-state index contributed by atoms with van der Waals surface area (Å²) in [7, 11) is 0. The molecule has 1 N–H and O–H groups in total. The summed E-state index contributed by atoms with van der Waals surface area (Å²) in [6.45, 7) is 4.58. The van der Waals surface area contributed by atoms with Crippen molar-refractivity contribution in [2.75, 3.05) is 0 Å². The lowest BCUT2D eigenvalue weighted by Crippen LogP contribution is -2.23. The van der Waals surface area contributed by atoms with Crippen LogP contribution in [0.4, 0.5) is 0 Å².